The predicted octanol–water partition coefficient (Wildman–Crippen LogP) is 3.78. The average Bonchev–Trinajstić information content (AvgIpc) is 2.25. The summed E-state index contributed by atoms with van der Waals surface area (Å²) in [5.41, 5.74) is 0. The molecule has 0 saturated heterocycles. The molecule has 0 bridgehead atoms. The largest absolute Gasteiger partial charge is 0.483 e. The summed E-state index contributed by atoms with van der Waals surface area (Å²) < 4.78 is 40.8. The van der Waals surface area contributed by atoms with Crippen LogP contribution in [0.3, 0.4) is 0 Å². The lowest BCUT2D eigenvalue weighted by molar-refractivity contribution is -0.153. The van der Waals surface area contributed by atoms with Crippen LogP contribution >= 0.6 is 0 Å². The molecule has 16 heavy (non-hydrogen) atoms. The lowest BCUT2D eigenvalue weighted by Gasteiger charge is -2.11. The number of benzene rings is 2. The SMILES string of the molecule is FC(F)(F)COc1cccc2ccccc12. The maximum absolute atomic E-state index is 12.0. The normalized spacial score (nSPS) is 11.7. The number of hydrogen-bond acceptors (Lipinski definition) is 1. The van der Waals surface area contributed by atoms with Crippen molar-refractivity contribution >= 4 is 10.8 Å². The van der Waals surface area contributed by atoms with Crippen LogP contribution in [0.1, 0.15) is 0 Å². The third-order valence-electron chi connectivity index (χ3n) is 2.14. The molecule has 0 amide bonds. The topological polar surface area (TPSA) is 9.23 Å². The van der Waals surface area contributed by atoms with E-state index in [1.54, 1.807) is 18.2 Å². The third-order valence-corrected chi connectivity index (χ3v) is 2.14. The van der Waals surface area contributed by atoms with Gasteiger partial charge in [0.05, 0.1) is 0 Å². The number of alkyl halides is 3. The predicted molar refractivity (Wildman–Crippen MR) is 55.5 cm³/mol. The van der Waals surface area contributed by atoms with Crippen molar-refractivity contribution in [2.24, 2.45) is 0 Å². The molecule has 0 heterocycles. The molecule has 2 rings (SSSR count). The maximum atomic E-state index is 12.0. The van der Waals surface area contributed by atoms with Crippen LogP contribution in [0.2, 0.25) is 0 Å². The first-order chi connectivity index (χ1) is 7.56. The van der Waals surface area contributed by atoms with Gasteiger partial charge >= 0.3 is 6.18 Å². The van der Waals surface area contributed by atoms with Gasteiger partial charge in [-0.2, -0.15) is 13.2 Å². The van der Waals surface area contributed by atoms with Crippen molar-refractivity contribution in [3.05, 3.63) is 42.5 Å². The Hall–Kier alpha value is -1.71. The minimum absolute atomic E-state index is 0.260. The summed E-state index contributed by atoms with van der Waals surface area (Å²) in [6, 6.07) is 12.2. The lowest BCUT2D eigenvalue weighted by Crippen LogP contribution is -2.19. The summed E-state index contributed by atoms with van der Waals surface area (Å²) in [6.07, 6.45) is -4.31. The van der Waals surface area contributed by atoms with E-state index in [2.05, 4.69) is 0 Å². The Morgan fingerprint density at radius 2 is 1.62 bits per heavy atom. The summed E-state index contributed by atoms with van der Waals surface area (Å²) in [7, 11) is 0. The molecule has 0 aliphatic heterocycles. The number of ether oxygens (including phenoxy) is 1. The first kappa shape index (κ1) is 10.8. The Kier molecular flexibility index (Phi) is 2.73. The van der Waals surface area contributed by atoms with Crippen molar-refractivity contribution in [1.29, 1.82) is 0 Å². The molecule has 0 saturated carbocycles. The Morgan fingerprint density at radius 3 is 2.38 bits per heavy atom. The average molecular weight is 226 g/mol. The number of hydrogen-bond donors (Lipinski definition) is 0. The second-order valence-corrected chi connectivity index (χ2v) is 3.38. The van der Waals surface area contributed by atoms with Crippen LogP contribution in [0, 0.1) is 0 Å². The number of fused-ring (bicyclic) bond motifs is 1. The second-order valence-electron chi connectivity index (χ2n) is 3.38. The highest BCUT2D eigenvalue weighted by Gasteiger charge is 2.28. The molecule has 84 valence electrons. The Labute approximate surface area is 90.5 Å². The van der Waals surface area contributed by atoms with Gasteiger partial charge in [-0.05, 0) is 11.5 Å². The highest BCUT2D eigenvalue weighted by atomic mass is 19.4. The quantitative estimate of drug-likeness (QED) is 0.757. The van der Waals surface area contributed by atoms with Gasteiger partial charge in [-0.15, -0.1) is 0 Å². The van der Waals surface area contributed by atoms with Gasteiger partial charge in [0, 0.05) is 5.39 Å². The van der Waals surface area contributed by atoms with Crippen LogP contribution < -0.4 is 4.74 Å². The van der Waals surface area contributed by atoms with Gasteiger partial charge in [0.2, 0.25) is 0 Å². The molecule has 0 aliphatic rings. The van der Waals surface area contributed by atoms with Crippen molar-refractivity contribution in [3.63, 3.8) is 0 Å². The van der Waals surface area contributed by atoms with Gasteiger partial charge in [-0.3, -0.25) is 0 Å². The summed E-state index contributed by atoms with van der Waals surface area (Å²) in [5, 5.41) is 1.55. The zero-order valence-electron chi connectivity index (χ0n) is 8.29. The van der Waals surface area contributed by atoms with E-state index in [0.717, 1.165) is 5.39 Å². The zero-order valence-corrected chi connectivity index (χ0v) is 8.29. The second kappa shape index (κ2) is 4.04. The smallest absolute Gasteiger partial charge is 0.422 e. The summed E-state index contributed by atoms with van der Waals surface area (Å²) >= 11 is 0. The standard InChI is InChI=1S/C12H9F3O/c13-12(14,15)8-16-11-7-3-5-9-4-1-2-6-10(9)11/h1-7H,8H2. The molecule has 0 radical (unpaired) electrons. The molecule has 2 aromatic carbocycles. The summed E-state index contributed by atoms with van der Waals surface area (Å²) in [5.74, 6) is 0.260. The van der Waals surface area contributed by atoms with E-state index < -0.39 is 12.8 Å². The van der Waals surface area contributed by atoms with Crippen LogP contribution in [-0.2, 0) is 0 Å². The van der Waals surface area contributed by atoms with E-state index in [1.807, 2.05) is 18.2 Å². The maximum Gasteiger partial charge on any atom is 0.422 e. The highest BCUT2D eigenvalue weighted by molar-refractivity contribution is 5.88. The van der Waals surface area contributed by atoms with Gasteiger partial charge in [0.1, 0.15) is 5.75 Å². The van der Waals surface area contributed by atoms with E-state index in [4.69, 9.17) is 4.74 Å². The van der Waals surface area contributed by atoms with Gasteiger partial charge < -0.3 is 4.74 Å². The zero-order chi connectivity index (χ0) is 11.6. The Balaban J connectivity index is 2.30. The van der Waals surface area contributed by atoms with E-state index in [9.17, 15) is 13.2 Å². The van der Waals surface area contributed by atoms with E-state index in [1.165, 1.54) is 6.07 Å². The molecule has 1 nitrogen and oxygen atoms in total. The number of halogens is 3. The van der Waals surface area contributed by atoms with Crippen LogP contribution in [0.15, 0.2) is 42.5 Å². The van der Waals surface area contributed by atoms with Gasteiger partial charge in [-0.25, -0.2) is 0 Å². The summed E-state index contributed by atoms with van der Waals surface area (Å²) in [6.45, 7) is -1.26. The van der Waals surface area contributed by atoms with Crippen LogP contribution in [0.25, 0.3) is 10.8 Å². The molecule has 0 fully saturated rings. The first-order valence-electron chi connectivity index (χ1n) is 4.73. The first-order valence-corrected chi connectivity index (χ1v) is 4.73. The molecule has 4 heteroatoms. The van der Waals surface area contributed by atoms with Gasteiger partial charge in [-0.1, -0.05) is 36.4 Å². The Bertz CT molecular complexity index is 486. The molecule has 0 atom stereocenters. The molecular formula is C12H9F3O. The van der Waals surface area contributed by atoms with E-state index >= 15 is 0 Å². The van der Waals surface area contributed by atoms with Crippen molar-refractivity contribution in [2.75, 3.05) is 6.61 Å². The van der Waals surface area contributed by atoms with Crippen molar-refractivity contribution in [1.82, 2.24) is 0 Å². The van der Waals surface area contributed by atoms with Crippen molar-refractivity contribution in [2.45, 2.75) is 6.18 Å². The fraction of sp³-hybridized carbons (Fsp3) is 0.167. The van der Waals surface area contributed by atoms with Gasteiger partial charge in [0.25, 0.3) is 0 Å². The van der Waals surface area contributed by atoms with Gasteiger partial charge in [0.15, 0.2) is 6.61 Å². The van der Waals surface area contributed by atoms with Crippen LogP contribution in [0.5, 0.6) is 5.75 Å². The molecule has 0 unspecified atom stereocenters. The molecule has 0 N–H and O–H groups in total. The minimum atomic E-state index is -4.31. The summed E-state index contributed by atoms with van der Waals surface area (Å²) in [4.78, 5) is 0. The molecule has 0 spiro atoms. The van der Waals surface area contributed by atoms with Crippen molar-refractivity contribution in [3.8, 4) is 5.75 Å². The monoisotopic (exact) mass is 226 g/mol. The lowest BCUT2D eigenvalue weighted by atomic mass is 10.1. The van der Waals surface area contributed by atoms with E-state index in [0.29, 0.717) is 5.39 Å². The van der Waals surface area contributed by atoms with Crippen molar-refractivity contribution < 1.29 is 17.9 Å². The fourth-order valence-corrected chi connectivity index (χ4v) is 1.48. The fourth-order valence-electron chi connectivity index (χ4n) is 1.48. The van der Waals surface area contributed by atoms with Crippen LogP contribution in [-0.4, -0.2) is 12.8 Å². The third kappa shape index (κ3) is 2.45. The number of rotatable bonds is 2. The Morgan fingerprint density at radius 1 is 0.938 bits per heavy atom. The minimum Gasteiger partial charge on any atom is -0.483 e. The van der Waals surface area contributed by atoms with Crippen LogP contribution in [0.4, 0.5) is 13.2 Å². The molecular weight excluding hydrogens is 217 g/mol. The molecule has 0 aromatic heterocycles. The highest BCUT2D eigenvalue weighted by Crippen LogP contribution is 2.26. The van der Waals surface area contributed by atoms with E-state index in [-0.39, 0.29) is 5.75 Å². The molecule has 2 aromatic rings. The molecule has 0 aliphatic carbocycles.